The number of hydrogen-bond donors (Lipinski definition) is 1. The molecule has 0 bridgehead atoms. The molecular formula is C22H38IN3O2. The van der Waals surface area contributed by atoms with Gasteiger partial charge in [-0.2, -0.15) is 0 Å². The standard InChI is InChI=1S/C22H37N3O2.HI/c1-17(2)14-27-20-9-7-19(8-10-20)22(3,4)16-24-21(23-5)25(6)13-18-11-12-26-15-18;/h7-10,17-18H,11-16H2,1-6H3,(H,23,24);1H. The highest BCUT2D eigenvalue weighted by Crippen LogP contribution is 2.25. The zero-order valence-corrected chi connectivity index (χ0v) is 20.7. The molecule has 0 aliphatic carbocycles. The molecule has 1 aliphatic rings. The van der Waals surface area contributed by atoms with Crippen LogP contribution in [0.15, 0.2) is 29.3 Å². The second-order valence-corrected chi connectivity index (χ2v) is 8.62. The van der Waals surface area contributed by atoms with Crippen molar-refractivity contribution < 1.29 is 9.47 Å². The van der Waals surface area contributed by atoms with Crippen LogP contribution < -0.4 is 10.1 Å². The molecule has 5 nitrogen and oxygen atoms in total. The van der Waals surface area contributed by atoms with Crippen LogP contribution in [-0.2, 0) is 10.2 Å². The summed E-state index contributed by atoms with van der Waals surface area (Å²) in [6.07, 6.45) is 1.14. The second kappa shape index (κ2) is 11.9. The number of rotatable bonds is 8. The third-order valence-electron chi connectivity index (χ3n) is 5.04. The highest BCUT2D eigenvalue weighted by molar-refractivity contribution is 14.0. The van der Waals surface area contributed by atoms with Gasteiger partial charge in [0.1, 0.15) is 5.75 Å². The van der Waals surface area contributed by atoms with Gasteiger partial charge >= 0.3 is 0 Å². The van der Waals surface area contributed by atoms with Crippen LogP contribution in [0.25, 0.3) is 0 Å². The van der Waals surface area contributed by atoms with E-state index in [2.05, 4.69) is 74.2 Å². The van der Waals surface area contributed by atoms with Crippen molar-refractivity contribution in [3.05, 3.63) is 29.8 Å². The highest BCUT2D eigenvalue weighted by Gasteiger charge is 2.23. The van der Waals surface area contributed by atoms with Gasteiger partial charge in [0, 0.05) is 45.1 Å². The van der Waals surface area contributed by atoms with E-state index in [9.17, 15) is 0 Å². The third-order valence-corrected chi connectivity index (χ3v) is 5.04. The topological polar surface area (TPSA) is 46.1 Å². The van der Waals surface area contributed by atoms with E-state index >= 15 is 0 Å². The van der Waals surface area contributed by atoms with E-state index in [0.29, 0.717) is 11.8 Å². The maximum absolute atomic E-state index is 5.79. The lowest BCUT2D eigenvalue weighted by Gasteiger charge is -2.30. The van der Waals surface area contributed by atoms with Crippen LogP contribution in [0.4, 0.5) is 0 Å². The molecule has 0 spiro atoms. The monoisotopic (exact) mass is 503 g/mol. The Bertz CT molecular complexity index is 596. The second-order valence-electron chi connectivity index (χ2n) is 8.62. The molecule has 6 heteroatoms. The molecule has 1 saturated heterocycles. The predicted octanol–water partition coefficient (Wildman–Crippen LogP) is 4.16. The molecule has 0 amide bonds. The average Bonchev–Trinajstić information content (AvgIpc) is 3.13. The Kier molecular flexibility index (Phi) is 10.6. The van der Waals surface area contributed by atoms with Crippen LogP contribution in [0.5, 0.6) is 5.75 Å². The van der Waals surface area contributed by atoms with Gasteiger partial charge in [0.25, 0.3) is 0 Å². The molecule has 1 atom stereocenters. The van der Waals surface area contributed by atoms with Gasteiger partial charge in [-0.25, -0.2) is 0 Å². The fourth-order valence-electron chi connectivity index (χ4n) is 3.25. The SMILES string of the molecule is CN=C(NCC(C)(C)c1ccc(OCC(C)C)cc1)N(C)CC1CCOC1.I. The Morgan fingerprint density at radius 1 is 1.32 bits per heavy atom. The van der Waals surface area contributed by atoms with Gasteiger partial charge in [-0.1, -0.05) is 39.8 Å². The lowest BCUT2D eigenvalue weighted by Crippen LogP contribution is -2.45. The van der Waals surface area contributed by atoms with Gasteiger partial charge in [-0.3, -0.25) is 4.99 Å². The highest BCUT2D eigenvalue weighted by atomic mass is 127. The van der Waals surface area contributed by atoms with Crippen molar-refractivity contribution in [2.45, 2.75) is 39.5 Å². The van der Waals surface area contributed by atoms with Gasteiger partial charge in [0.05, 0.1) is 13.2 Å². The van der Waals surface area contributed by atoms with Crippen molar-refractivity contribution in [3.63, 3.8) is 0 Å². The molecule has 1 aromatic rings. The molecule has 1 N–H and O–H groups in total. The minimum absolute atomic E-state index is 0. The van der Waals surface area contributed by atoms with Gasteiger partial charge < -0.3 is 19.7 Å². The van der Waals surface area contributed by atoms with Crippen molar-refractivity contribution in [3.8, 4) is 5.75 Å². The molecule has 160 valence electrons. The minimum Gasteiger partial charge on any atom is -0.493 e. The molecule has 1 aromatic carbocycles. The maximum atomic E-state index is 5.79. The normalized spacial score (nSPS) is 17.4. The number of benzene rings is 1. The third kappa shape index (κ3) is 7.78. The van der Waals surface area contributed by atoms with Gasteiger partial charge in [0.2, 0.25) is 0 Å². The fourth-order valence-corrected chi connectivity index (χ4v) is 3.25. The van der Waals surface area contributed by atoms with E-state index < -0.39 is 0 Å². The number of ether oxygens (including phenoxy) is 2. The first kappa shape index (κ1) is 25.0. The zero-order chi connectivity index (χ0) is 19.9. The number of halogens is 1. The molecule has 1 fully saturated rings. The summed E-state index contributed by atoms with van der Waals surface area (Å²) in [6.45, 7) is 13.1. The molecular weight excluding hydrogens is 465 g/mol. The van der Waals surface area contributed by atoms with E-state index in [1.807, 2.05) is 7.05 Å². The molecule has 28 heavy (non-hydrogen) atoms. The molecule has 1 unspecified atom stereocenters. The summed E-state index contributed by atoms with van der Waals surface area (Å²) in [5, 5.41) is 3.54. The summed E-state index contributed by atoms with van der Waals surface area (Å²) in [6, 6.07) is 8.47. The van der Waals surface area contributed by atoms with Crippen LogP contribution in [0.2, 0.25) is 0 Å². The Hall–Kier alpha value is -1.02. The first-order valence-electron chi connectivity index (χ1n) is 10.0. The fraction of sp³-hybridized carbons (Fsp3) is 0.682. The molecule has 2 rings (SSSR count). The van der Waals surface area contributed by atoms with Crippen LogP contribution in [0.3, 0.4) is 0 Å². The van der Waals surface area contributed by atoms with E-state index in [1.54, 1.807) is 0 Å². The number of nitrogens with zero attached hydrogens (tertiary/aromatic N) is 2. The van der Waals surface area contributed by atoms with Gasteiger partial charge in [0.15, 0.2) is 5.96 Å². The lowest BCUT2D eigenvalue weighted by molar-refractivity contribution is 0.181. The van der Waals surface area contributed by atoms with Crippen molar-refractivity contribution in [2.75, 3.05) is 47.0 Å². The van der Waals surface area contributed by atoms with Crippen molar-refractivity contribution in [1.29, 1.82) is 0 Å². The van der Waals surface area contributed by atoms with Crippen molar-refractivity contribution >= 4 is 29.9 Å². The molecule has 0 radical (unpaired) electrons. The van der Waals surface area contributed by atoms with Crippen molar-refractivity contribution in [2.24, 2.45) is 16.8 Å². The summed E-state index contributed by atoms with van der Waals surface area (Å²) < 4.78 is 11.3. The van der Waals surface area contributed by atoms with E-state index in [4.69, 9.17) is 9.47 Å². The number of aliphatic imine (C=N–C) groups is 1. The molecule has 0 aromatic heterocycles. The van der Waals surface area contributed by atoms with Crippen LogP contribution in [0, 0.1) is 11.8 Å². The van der Waals surface area contributed by atoms with E-state index in [0.717, 1.165) is 51.0 Å². The summed E-state index contributed by atoms with van der Waals surface area (Å²) in [5.74, 6) is 3.00. The molecule has 1 heterocycles. The maximum Gasteiger partial charge on any atom is 0.193 e. The van der Waals surface area contributed by atoms with E-state index in [1.165, 1.54) is 5.56 Å². The average molecular weight is 503 g/mol. The molecule has 1 aliphatic heterocycles. The Morgan fingerprint density at radius 2 is 2.00 bits per heavy atom. The van der Waals surface area contributed by atoms with Crippen molar-refractivity contribution in [1.82, 2.24) is 10.2 Å². The van der Waals surface area contributed by atoms with Gasteiger partial charge in [-0.05, 0) is 30.0 Å². The number of hydrogen-bond acceptors (Lipinski definition) is 3. The minimum atomic E-state index is -0.0101. The smallest absolute Gasteiger partial charge is 0.193 e. The first-order valence-corrected chi connectivity index (χ1v) is 10.0. The van der Waals surface area contributed by atoms with Gasteiger partial charge in [-0.15, -0.1) is 24.0 Å². The largest absolute Gasteiger partial charge is 0.493 e. The van der Waals surface area contributed by atoms with Crippen LogP contribution >= 0.6 is 24.0 Å². The Morgan fingerprint density at radius 3 is 2.54 bits per heavy atom. The molecule has 0 saturated carbocycles. The first-order chi connectivity index (χ1) is 12.8. The summed E-state index contributed by atoms with van der Waals surface area (Å²) in [5.41, 5.74) is 1.28. The van der Waals surface area contributed by atoms with Crippen LogP contribution in [0.1, 0.15) is 39.7 Å². The van der Waals surface area contributed by atoms with E-state index in [-0.39, 0.29) is 29.4 Å². The predicted molar refractivity (Wildman–Crippen MR) is 128 cm³/mol. The number of nitrogens with one attached hydrogen (secondary N) is 1. The Balaban J connectivity index is 0.00000392. The van der Waals surface area contributed by atoms with Crippen LogP contribution in [-0.4, -0.2) is 57.9 Å². The summed E-state index contributed by atoms with van der Waals surface area (Å²) in [7, 11) is 3.94. The lowest BCUT2D eigenvalue weighted by atomic mass is 9.84. The summed E-state index contributed by atoms with van der Waals surface area (Å²) >= 11 is 0. The Labute approximate surface area is 188 Å². The number of guanidine groups is 1. The zero-order valence-electron chi connectivity index (χ0n) is 18.3. The quantitative estimate of drug-likeness (QED) is 0.329. The summed E-state index contributed by atoms with van der Waals surface area (Å²) in [4.78, 5) is 6.66.